The maximum absolute atomic E-state index is 11.8. The Morgan fingerprint density at radius 1 is 1.44 bits per heavy atom. The summed E-state index contributed by atoms with van der Waals surface area (Å²) in [6.07, 6.45) is 1.98. The fourth-order valence-corrected chi connectivity index (χ4v) is 2.06. The minimum atomic E-state index is -0.436. The summed E-state index contributed by atoms with van der Waals surface area (Å²) in [4.78, 5) is 23.3. The van der Waals surface area contributed by atoms with Gasteiger partial charge in [-0.05, 0) is 19.8 Å². The van der Waals surface area contributed by atoms with Gasteiger partial charge in [-0.3, -0.25) is 9.36 Å². The second kappa shape index (κ2) is 4.56. The quantitative estimate of drug-likeness (QED) is 0.784. The lowest BCUT2D eigenvalue weighted by atomic mass is 10.0. The molecule has 0 saturated carbocycles. The minimum Gasteiger partial charge on any atom is -0.373 e. The molecule has 1 aliphatic rings. The van der Waals surface area contributed by atoms with E-state index in [9.17, 15) is 9.59 Å². The average molecular weight is 254 g/mol. The molecule has 0 bridgehead atoms. The first-order valence-electron chi connectivity index (χ1n) is 5.95. The van der Waals surface area contributed by atoms with Crippen molar-refractivity contribution in [2.24, 2.45) is 14.1 Å². The van der Waals surface area contributed by atoms with E-state index in [1.165, 1.54) is 14.1 Å². The molecule has 1 fully saturated rings. The van der Waals surface area contributed by atoms with Crippen molar-refractivity contribution in [2.45, 2.75) is 25.4 Å². The number of nitrogens with zero attached hydrogens (tertiary/aromatic N) is 3. The predicted octanol–water partition coefficient (Wildman–Crippen LogP) is -0.540. The third-order valence-corrected chi connectivity index (χ3v) is 3.25. The van der Waals surface area contributed by atoms with Crippen LogP contribution in [0.25, 0.3) is 0 Å². The summed E-state index contributed by atoms with van der Waals surface area (Å²) in [5, 5.41) is 6.90. The van der Waals surface area contributed by atoms with Crippen LogP contribution in [0.1, 0.15) is 19.8 Å². The van der Waals surface area contributed by atoms with Crippen LogP contribution in [0.5, 0.6) is 0 Å². The van der Waals surface area contributed by atoms with Crippen LogP contribution in [0.15, 0.2) is 9.59 Å². The summed E-state index contributed by atoms with van der Waals surface area (Å²) in [6.45, 7) is 3.25. The SMILES string of the molecule is Cn1nc(NCC2(C)CCCO2)c(=O)n(C)c1=O. The Morgan fingerprint density at radius 3 is 2.78 bits per heavy atom. The highest BCUT2D eigenvalue weighted by molar-refractivity contribution is 5.30. The van der Waals surface area contributed by atoms with Gasteiger partial charge in [-0.25, -0.2) is 9.48 Å². The minimum absolute atomic E-state index is 0.177. The van der Waals surface area contributed by atoms with Crippen molar-refractivity contribution in [1.82, 2.24) is 14.3 Å². The van der Waals surface area contributed by atoms with Crippen molar-refractivity contribution in [2.75, 3.05) is 18.5 Å². The van der Waals surface area contributed by atoms with Crippen molar-refractivity contribution in [1.29, 1.82) is 0 Å². The van der Waals surface area contributed by atoms with Crippen LogP contribution in [0.3, 0.4) is 0 Å². The summed E-state index contributed by atoms with van der Waals surface area (Å²) in [6, 6.07) is 0. The van der Waals surface area contributed by atoms with E-state index in [1.54, 1.807) is 0 Å². The number of hydrogen-bond donors (Lipinski definition) is 1. The van der Waals surface area contributed by atoms with Crippen LogP contribution in [0.2, 0.25) is 0 Å². The highest BCUT2D eigenvalue weighted by Crippen LogP contribution is 2.24. The third kappa shape index (κ3) is 2.31. The molecule has 0 aromatic carbocycles. The summed E-state index contributed by atoms with van der Waals surface area (Å²) in [7, 11) is 2.95. The lowest BCUT2D eigenvalue weighted by Crippen LogP contribution is -2.42. The van der Waals surface area contributed by atoms with E-state index in [0.717, 1.165) is 28.7 Å². The van der Waals surface area contributed by atoms with Crippen LogP contribution in [-0.4, -0.2) is 33.1 Å². The number of hydrogen-bond acceptors (Lipinski definition) is 5. The fraction of sp³-hybridized carbons (Fsp3) is 0.727. The van der Waals surface area contributed by atoms with Gasteiger partial charge < -0.3 is 10.1 Å². The Bertz CT molecular complexity index is 554. The monoisotopic (exact) mass is 254 g/mol. The maximum Gasteiger partial charge on any atom is 0.346 e. The van der Waals surface area contributed by atoms with E-state index < -0.39 is 11.2 Å². The second-order valence-electron chi connectivity index (χ2n) is 4.87. The molecule has 0 radical (unpaired) electrons. The van der Waals surface area contributed by atoms with Gasteiger partial charge in [0.25, 0.3) is 5.56 Å². The van der Waals surface area contributed by atoms with E-state index in [2.05, 4.69) is 10.4 Å². The molecule has 1 N–H and O–H groups in total. The Morgan fingerprint density at radius 2 is 2.17 bits per heavy atom. The van der Waals surface area contributed by atoms with Gasteiger partial charge in [0, 0.05) is 27.2 Å². The largest absolute Gasteiger partial charge is 0.373 e. The van der Waals surface area contributed by atoms with Crippen LogP contribution in [0, 0.1) is 0 Å². The van der Waals surface area contributed by atoms with Crippen molar-refractivity contribution in [3.63, 3.8) is 0 Å². The van der Waals surface area contributed by atoms with Crippen LogP contribution in [-0.2, 0) is 18.8 Å². The molecule has 2 rings (SSSR count). The molecule has 2 heterocycles. The summed E-state index contributed by atoms with van der Waals surface area (Å²) < 4.78 is 7.79. The second-order valence-corrected chi connectivity index (χ2v) is 4.87. The smallest absolute Gasteiger partial charge is 0.346 e. The number of anilines is 1. The zero-order valence-electron chi connectivity index (χ0n) is 10.9. The molecule has 1 saturated heterocycles. The number of nitrogens with one attached hydrogen (secondary N) is 1. The lowest BCUT2D eigenvalue weighted by molar-refractivity contribution is 0.0314. The van der Waals surface area contributed by atoms with Crippen molar-refractivity contribution < 1.29 is 4.74 Å². The summed E-state index contributed by atoms with van der Waals surface area (Å²) >= 11 is 0. The average Bonchev–Trinajstić information content (AvgIpc) is 2.77. The van der Waals surface area contributed by atoms with Gasteiger partial charge in [0.2, 0.25) is 5.82 Å². The highest BCUT2D eigenvalue weighted by atomic mass is 16.5. The molecule has 7 nitrogen and oxygen atoms in total. The number of aryl methyl sites for hydroxylation is 1. The molecular formula is C11H18N4O3. The molecule has 0 spiro atoms. The van der Waals surface area contributed by atoms with Crippen LogP contribution < -0.4 is 16.6 Å². The number of ether oxygens (including phenoxy) is 1. The third-order valence-electron chi connectivity index (χ3n) is 3.25. The van der Waals surface area contributed by atoms with Crippen molar-refractivity contribution in [3.05, 3.63) is 20.8 Å². The Balaban J connectivity index is 2.20. The lowest BCUT2D eigenvalue weighted by Gasteiger charge is -2.23. The molecule has 1 aromatic rings. The predicted molar refractivity (Wildman–Crippen MR) is 66.8 cm³/mol. The molecule has 0 amide bonds. The topological polar surface area (TPSA) is 78.2 Å². The number of rotatable bonds is 3. The van der Waals surface area contributed by atoms with Crippen LogP contribution >= 0.6 is 0 Å². The van der Waals surface area contributed by atoms with E-state index >= 15 is 0 Å². The first kappa shape index (κ1) is 12.8. The molecule has 0 aliphatic carbocycles. The van der Waals surface area contributed by atoms with Gasteiger partial charge in [-0.15, -0.1) is 5.10 Å². The molecule has 1 aromatic heterocycles. The molecule has 7 heteroatoms. The van der Waals surface area contributed by atoms with Crippen molar-refractivity contribution >= 4 is 5.82 Å². The van der Waals surface area contributed by atoms with Crippen LogP contribution in [0.4, 0.5) is 5.82 Å². The standard InChI is InChI=1S/C11H18N4O3/c1-11(5-4-6-18-11)7-12-8-9(16)14(2)10(17)15(3)13-8/h4-7H2,1-3H3,(H,12,13). The molecule has 18 heavy (non-hydrogen) atoms. The first-order chi connectivity index (χ1) is 8.43. The fourth-order valence-electron chi connectivity index (χ4n) is 2.06. The molecule has 1 atom stereocenters. The normalized spacial score (nSPS) is 23.3. The van der Waals surface area contributed by atoms with Gasteiger partial charge in [-0.1, -0.05) is 0 Å². The Hall–Kier alpha value is -1.63. The van der Waals surface area contributed by atoms with Gasteiger partial charge in [0.05, 0.1) is 5.60 Å². The first-order valence-corrected chi connectivity index (χ1v) is 5.95. The van der Waals surface area contributed by atoms with E-state index in [1.807, 2.05) is 6.92 Å². The highest BCUT2D eigenvalue weighted by Gasteiger charge is 2.29. The van der Waals surface area contributed by atoms with Gasteiger partial charge >= 0.3 is 5.69 Å². The van der Waals surface area contributed by atoms with E-state index in [4.69, 9.17) is 4.74 Å². The zero-order chi connectivity index (χ0) is 13.3. The van der Waals surface area contributed by atoms with Crippen molar-refractivity contribution in [3.8, 4) is 0 Å². The zero-order valence-corrected chi connectivity index (χ0v) is 10.9. The molecule has 100 valence electrons. The van der Waals surface area contributed by atoms with Gasteiger partial charge in [-0.2, -0.15) is 0 Å². The Labute approximate surface area is 104 Å². The molecule has 1 unspecified atom stereocenters. The Kier molecular flexibility index (Phi) is 3.25. The van der Waals surface area contributed by atoms with Gasteiger partial charge in [0.1, 0.15) is 0 Å². The van der Waals surface area contributed by atoms with Gasteiger partial charge in [0.15, 0.2) is 0 Å². The molecule has 1 aliphatic heterocycles. The van der Waals surface area contributed by atoms with E-state index in [0.29, 0.717) is 6.54 Å². The number of aromatic nitrogens is 3. The summed E-state index contributed by atoms with van der Waals surface area (Å²) in [5.41, 5.74) is -1.12. The van der Waals surface area contributed by atoms with E-state index in [-0.39, 0.29) is 11.4 Å². The molecular weight excluding hydrogens is 236 g/mol. The maximum atomic E-state index is 11.8. The summed E-state index contributed by atoms with van der Waals surface area (Å²) in [5.74, 6) is 0.177.